The second-order valence-electron chi connectivity index (χ2n) is 4.62. The van der Waals surface area contributed by atoms with Crippen LogP contribution in [0, 0.1) is 0 Å². The molecule has 6 heteroatoms. The predicted molar refractivity (Wildman–Crippen MR) is 87.8 cm³/mol. The average Bonchev–Trinajstić information content (AvgIpc) is 2.50. The summed E-state index contributed by atoms with van der Waals surface area (Å²) >= 11 is 3.36. The van der Waals surface area contributed by atoms with Gasteiger partial charge in [-0.25, -0.2) is 0 Å². The first kappa shape index (κ1) is 16.0. The Labute approximate surface area is 136 Å². The largest absolute Gasteiger partial charge is 0.480 e. The van der Waals surface area contributed by atoms with Gasteiger partial charge in [0.1, 0.15) is 5.75 Å². The Hall–Kier alpha value is -2.34. The molecule has 2 aromatic rings. The Balaban J connectivity index is 1.99. The number of anilines is 1. The molecule has 0 bridgehead atoms. The van der Waals surface area contributed by atoms with Crippen molar-refractivity contribution in [2.45, 2.75) is 13.0 Å². The number of primary amides is 1. The van der Waals surface area contributed by atoms with Gasteiger partial charge in [0.2, 0.25) is 5.91 Å². The van der Waals surface area contributed by atoms with Gasteiger partial charge >= 0.3 is 0 Å². The molecule has 3 N–H and O–H groups in total. The number of ether oxygens (including phenoxy) is 1. The maximum atomic E-state index is 12.1. The molecule has 0 spiro atoms. The van der Waals surface area contributed by atoms with Gasteiger partial charge in [-0.1, -0.05) is 12.1 Å². The van der Waals surface area contributed by atoms with Crippen molar-refractivity contribution in [1.29, 1.82) is 0 Å². The Morgan fingerprint density at radius 1 is 1.14 bits per heavy atom. The summed E-state index contributed by atoms with van der Waals surface area (Å²) in [6.45, 7) is 1.66. The second kappa shape index (κ2) is 7.09. The number of halogens is 1. The topological polar surface area (TPSA) is 81.4 Å². The summed E-state index contributed by atoms with van der Waals surface area (Å²) < 4.78 is 6.39. The lowest BCUT2D eigenvalue weighted by molar-refractivity contribution is -0.122. The zero-order valence-electron chi connectivity index (χ0n) is 11.9. The molecule has 5 nitrogen and oxygen atoms in total. The Kier molecular flexibility index (Phi) is 5.16. The van der Waals surface area contributed by atoms with E-state index in [-0.39, 0.29) is 5.91 Å². The van der Waals surface area contributed by atoms with E-state index in [1.807, 2.05) is 18.2 Å². The molecule has 22 heavy (non-hydrogen) atoms. The Morgan fingerprint density at radius 3 is 2.36 bits per heavy atom. The average molecular weight is 363 g/mol. The van der Waals surface area contributed by atoms with Crippen LogP contribution in [0.4, 0.5) is 5.69 Å². The van der Waals surface area contributed by atoms with Crippen molar-refractivity contribution >= 4 is 33.4 Å². The molecule has 0 aliphatic rings. The number of carbonyl (C=O) groups is 2. The summed E-state index contributed by atoms with van der Waals surface area (Å²) in [7, 11) is 0. The molecular formula is C16H15BrN2O3. The quantitative estimate of drug-likeness (QED) is 0.857. The monoisotopic (exact) mass is 362 g/mol. The number of rotatable bonds is 5. The molecule has 0 saturated heterocycles. The van der Waals surface area contributed by atoms with Gasteiger partial charge in [-0.15, -0.1) is 0 Å². The molecule has 114 valence electrons. The van der Waals surface area contributed by atoms with E-state index >= 15 is 0 Å². The van der Waals surface area contributed by atoms with E-state index in [1.165, 1.54) is 0 Å². The first-order valence-electron chi connectivity index (χ1n) is 6.59. The summed E-state index contributed by atoms with van der Waals surface area (Å²) in [5.41, 5.74) is 6.11. The van der Waals surface area contributed by atoms with Gasteiger partial charge in [0.25, 0.3) is 5.91 Å². The maximum absolute atomic E-state index is 12.1. The second-order valence-corrected chi connectivity index (χ2v) is 5.48. The van der Waals surface area contributed by atoms with Crippen LogP contribution in [0.1, 0.15) is 17.3 Å². The molecule has 0 aliphatic heterocycles. The number of hydrogen-bond donors (Lipinski definition) is 2. The highest BCUT2D eigenvalue weighted by atomic mass is 79.9. The van der Waals surface area contributed by atoms with Crippen molar-refractivity contribution in [3.05, 3.63) is 58.6 Å². The number of benzene rings is 2. The van der Waals surface area contributed by atoms with E-state index in [9.17, 15) is 9.59 Å². The van der Waals surface area contributed by atoms with E-state index in [0.29, 0.717) is 17.0 Å². The molecule has 0 radical (unpaired) electrons. The van der Waals surface area contributed by atoms with E-state index in [2.05, 4.69) is 21.2 Å². The summed E-state index contributed by atoms with van der Waals surface area (Å²) in [5, 5.41) is 2.72. The lowest BCUT2D eigenvalue weighted by Crippen LogP contribution is -2.30. The lowest BCUT2D eigenvalue weighted by atomic mass is 10.2. The molecule has 2 amide bonds. The fraction of sp³-hybridized carbons (Fsp3) is 0.125. The SMILES string of the molecule is C[C@@H](Oc1ccccc1Br)C(=O)Nc1ccc(C(N)=O)cc1. The van der Waals surface area contributed by atoms with Gasteiger partial charge in [0.05, 0.1) is 4.47 Å². The maximum Gasteiger partial charge on any atom is 0.265 e. The first-order chi connectivity index (χ1) is 10.5. The molecule has 1 atom stereocenters. The highest BCUT2D eigenvalue weighted by Crippen LogP contribution is 2.25. The third kappa shape index (κ3) is 4.08. The van der Waals surface area contributed by atoms with Crippen molar-refractivity contribution in [2.75, 3.05) is 5.32 Å². The lowest BCUT2D eigenvalue weighted by Gasteiger charge is -2.15. The predicted octanol–water partition coefficient (Wildman–Crippen LogP) is 2.95. The summed E-state index contributed by atoms with van der Waals surface area (Å²) in [4.78, 5) is 23.1. The summed E-state index contributed by atoms with van der Waals surface area (Å²) in [6, 6.07) is 13.6. The third-order valence-corrected chi connectivity index (χ3v) is 3.60. The van der Waals surface area contributed by atoms with Gasteiger partial charge in [-0.2, -0.15) is 0 Å². The van der Waals surface area contributed by atoms with Gasteiger partial charge in [-0.3, -0.25) is 9.59 Å². The molecule has 2 rings (SSSR count). The smallest absolute Gasteiger partial charge is 0.265 e. The molecule has 0 unspecified atom stereocenters. The molecule has 0 fully saturated rings. The minimum absolute atomic E-state index is 0.289. The van der Waals surface area contributed by atoms with E-state index in [1.54, 1.807) is 37.3 Å². The van der Waals surface area contributed by atoms with E-state index < -0.39 is 12.0 Å². The number of amides is 2. The van der Waals surface area contributed by atoms with Crippen molar-refractivity contribution in [3.8, 4) is 5.75 Å². The first-order valence-corrected chi connectivity index (χ1v) is 7.38. The van der Waals surface area contributed by atoms with Crippen LogP contribution < -0.4 is 15.8 Å². The van der Waals surface area contributed by atoms with Crippen LogP contribution in [0.3, 0.4) is 0 Å². The van der Waals surface area contributed by atoms with E-state index in [0.717, 1.165) is 4.47 Å². The number of nitrogens with two attached hydrogens (primary N) is 1. The van der Waals surface area contributed by atoms with Crippen molar-refractivity contribution < 1.29 is 14.3 Å². The standard InChI is InChI=1S/C16H15BrN2O3/c1-10(22-14-5-3-2-4-13(14)17)16(21)19-12-8-6-11(7-9-12)15(18)20/h2-10H,1H3,(H2,18,20)(H,19,21)/t10-/m1/s1. The van der Waals surface area contributed by atoms with Crippen LogP contribution in [0.5, 0.6) is 5.75 Å². The molecule has 0 heterocycles. The number of hydrogen-bond acceptors (Lipinski definition) is 3. The fourth-order valence-electron chi connectivity index (χ4n) is 1.75. The van der Waals surface area contributed by atoms with Gasteiger partial charge in [-0.05, 0) is 59.3 Å². The van der Waals surface area contributed by atoms with Gasteiger partial charge < -0.3 is 15.8 Å². The molecule has 2 aromatic carbocycles. The highest BCUT2D eigenvalue weighted by molar-refractivity contribution is 9.10. The summed E-state index contributed by atoms with van der Waals surface area (Å²) in [6.07, 6.45) is -0.672. The molecular weight excluding hydrogens is 348 g/mol. The van der Waals surface area contributed by atoms with Gasteiger partial charge in [0.15, 0.2) is 6.10 Å². The van der Waals surface area contributed by atoms with Crippen LogP contribution >= 0.6 is 15.9 Å². The number of nitrogens with one attached hydrogen (secondary N) is 1. The number of carbonyl (C=O) groups excluding carboxylic acids is 2. The van der Waals surface area contributed by atoms with Crippen molar-refractivity contribution in [2.24, 2.45) is 5.73 Å². The van der Waals surface area contributed by atoms with Crippen LogP contribution in [-0.4, -0.2) is 17.9 Å². The third-order valence-electron chi connectivity index (χ3n) is 2.95. The summed E-state index contributed by atoms with van der Waals surface area (Å²) in [5.74, 6) is -0.208. The highest BCUT2D eigenvalue weighted by Gasteiger charge is 2.16. The zero-order chi connectivity index (χ0) is 16.1. The van der Waals surface area contributed by atoms with Gasteiger partial charge in [0, 0.05) is 11.3 Å². The molecule has 0 saturated carbocycles. The van der Waals surface area contributed by atoms with Crippen LogP contribution in [0.25, 0.3) is 0 Å². The van der Waals surface area contributed by atoms with Crippen LogP contribution in [-0.2, 0) is 4.79 Å². The zero-order valence-corrected chi connectivity index (χ0v) is 13.5. The fourth-order valence-corrected chi connectivity index (χ4v) is 2.12. The van der Waals surface area contributed by atoms with Crippen molar-refractivity contribution in [1.82, 2.24) is 0 Å². The van der Waals surface area contributed by atoms with Crippen LogP contribution in [0.15, 0.2) is 53.0 Å². The Bertz CT molecular complexity index is 686. The molecule has 0 aliphatic carbocycles. The number of para-hydroxylation sites is 1. The van der Waals surface area contributed by atoms with Crippen LogP contribution in [0.2, 0.25) is 0 Å². The van der Waals surface area contributed by atoms with E-state index in [4.69, 9.17) is 10.5 Å². The van der Waals surface area contributed by atoms with Crippen molar-refractivity contribution in [3.63, 3.8) is 0 Å². The Morgan fingerprint density at radius 2 is 1.77 bits per heavy atom. The normalized spacial score (nSPS) is 11.5. The minimum atomic E-state index is -0.672. The molecule has 0 aromatic heterocycles. The minimum Gasteiger partial charge on any atom is -0.480 e.